The Morgan fingerprint density at radius 1 is 0.939 bits per heavy atom. The van der Waals surface area contributed by atoms with Crippen molar-refractivity contribution in [2.24, 2.45) is 11.1 Å². The summed E-state index contributed by atoms with van der Waals surface area (Å²) in [4.78, 5) is 11.5. The number of aliphatic hydroxyl groups excluding tert-OH is 1. The van der Waals surface area contributed by atoms with Crippen molar-refractivity contribution in [1.82, 2.24) is 0 Å². The molecule has 0 saturated carbocycles. The van der Waals surface area contributed by atoms with Gasteiger partial charge in [0.15, 0.2) is 6.10 Å². The Morgan fingerprint density at radius 3 is 1.88 bits per heavy atom. The molecule has 0 aliphatic heterocycles. The Hall–Kier alpha value is -2.17. The number of aliphatic hydroxyl groups is 2. The number of benzene rings is 2. The van der Waals surface area contributed by atoms with E-state index in [0.29, 0.717) is 12.0 Å². The van der Waals surface area contributed by atoms with Gasteiger partial charge in [-0.25, -0.2) is 0 Å². The van der Waals surface area contributed by atoms with Crippen molar-refractivity contribution < 1.29 is 15.0 Å². The molecule has 2 rings (SSSR count). The molecule has 2 aromatic rings. The third-order valence-electron chi connectivity index (χ3n) is 7.99. The minimum Gasteiger partial charge on any atom is -0.390 e. The standard InChI is InChI=1S/C29H43NO3/c1-9-29(10-2,23-13-14-24(20(4)18-23)25(31)26(30)32)22-12-11-21(19(3)17-22)15-16-28(8,33)27(5,6)7/h11-14,17-18,25,31,33H,9-10,15-16H2,1-8H3,(H2,30,32). The van der Waals surface area contributed by atoms with Crippen LogP contribution < -0.4 is 5.73 Å². The van der Waals surface area contributed by atoms with Crippen molar-refractivity contribution >= 4 is 5.91 Å². The molecule has 33 heavy (non-hydrogen) atoms. The van der Waals surface area contributed by atoms with Gasteiger partial charge in [0.25, 0.3) is 5.91 Å². The number of carbonyl (C=O) groups is 1. The van der Waals surface area contributed by atoms with Gasteiger partial charge in [0.05, 0.1) is 5.60 Å². The van der Waals surface area contributed by atoms with Crippen LogP contribution in [0.2, 0.25) is 0 Å². The second kappa shape index (κ2) is 9.99. The normalized spacial score (nSPS) is 15.2. The maximum Gasteiger partial charge on any atom is 0.250 e. The molecule has 0 heterocycles. The lowest BCUT2D eigenvalue weighted by molar-refractivity contribution is -0.126. The SMILES string of the molecule is CCC(CC)(c1ccc(CCC(C)(O)C(C)(C)C)c(C)c1)c1ccc(C(O)C(N)=O)c(C)c1. The lowest BCUT2D eigenvalue weighted by atomic mass is 9.69. The third-order valence-corrected chi connectivity index (χ3v) is 7.99. The van der Waals surface area contributed by atoms with Crippen molar-refractivity contribution in [1.29, 1.82) is 0 Å². The topological polar surface area (TPSA) is 83.6 Å². The summed E-state index contributed by atoms with van der Waals surface area (Å²) >= 11 is 0. The monoisotopic (exact) mass is 453 g/mol. The zero-order chi connectivity index (χ0) is 25.2. The van der Waals surface area contributed by atoms with Crippen molar-refractivity contribution in [3.05, 3.63) is 69.8 Å². The molecule has 4 heteroatoms. The van der Waals surface area contributed by atoms with E-state index < -0.39 is 17.6 Å². The fraction of sp³-hybridized carbons (Fsp3) is 0.552. The molecule has 2 unspecified atom stereocenters. The second-order valence-electron chi connectivity index (χ2n) is 10.8. The minimum atomic E-state index is -1.29. The smallest absolute Gasteiger partial charge is 0.250 e. The maximum atomic E-state index is 11.5. The molecule has 0 aliphatic carbocycles. The Morgan fingerprint density at radius 2 is 1.45 bits per heavy atom. The molecule has 0 aromatic heterocycles. The maximum absolute atomic E-state index is 11.5. The molecule has 0 fully saturated rings. The van der Waals surface area contributed by atoms with Crippen LogP contribution in [0.15, 0.2) is 36.4 Å². The summed E-state index contributed by atoms with van der Waals surface area (Å²) in [6, 6.07) is 12.7. The van der Waals surface area contributed by atoms with Crippen LogP contribution in [0.5, 0.6) is 0 Å². The third kappa shape index (κ3) is 5.50. The summed E-state index contributed by atoms with van der Waals surface area (Å²) in [5.74, 6) is -0.736. The van der Waals surface area contributed by atoms with E-state index in [1.54, 1.807) is 0 Å². The van der Waals surface area contributed by atoms with Gasteiger partial charge in [-0.1, -0.05) is 71.0 Å². The van der Waals surface area contributed by atoms with Gasteiger partial charge >= 0.3 is 0 Å². The minimum absolute atomic E-state index is 0.166. The highest BCUT2D eigenvalue weighted by molar-refractivity contribution is 5.80. The van der Waals surface area contributed by atoms with E-state index in [1.165, 1.54) is 22.3 Å². The number of primary amides is 1. The van der Waals surface area contributed by atoms with Crippen LogP contribution in [-0.2, 0) is 16.6 Å². The number of hydrogen-bond donors (Lipinski definition) is 3. The zero-order valence-corrected chi connectivity index (χ0v) is 21.7. The van der Waals surface area contributed by atoms with Crippen LogP contribution in [-0.4, -0.2) is 21.7 Å². The molecule has 1 amide bonds. The van der Waals surface area contributed by atoms with Crippen LogP contribution in [0.1, 0.15) is 100 Å². The second-order valence-corrected chi connectivity index (χ2v) is 10.8. The summed E-state index contributed by atoms with van der Waals surface area (Å²) in [6.07, 6.45) is 2.12. The number of carbonyl (C=O) groups excluding carboxylic acids is 1. The highest BCUT2D eigenvalue weighted by Crippen LogP contribution is 2.41. The molecular weight excluding hydrogens is 410 g/mol. The van der Waals surface area contributed by atoms with Crippen molar-refractivity contribution in [2.45, 2.75) is 98.2 Å². The van der Waals surface area contributed by atoms with Crippen LogP contribution in [0.4, 0.5) is 0 Å². The van der Waals surface area contributed by atoms with Crippen LogP contribution in [0.3, 0.4) is 0 Å². The fourth-order valence-electron chi connectivity index (χ4n) is 4.69. The van der Waals surface area contributed by atoms with E-state index in [4.69, 9.17) is 5.73 Å². The Kier molecular flexibility index (Phi) is 8.19. The summed E-state index contributed by atoms with van der Waals surface area (Å²) in [5, 5.41) is 21.0. The molecule has 2 aromatic carbocycles. The summed E-state index contributed by atoms with van der Waals surface area (Å²) in [5.41, 5.74) is 10.6. The molecule has 4 N–H and O–H groups in total. The number of hydrogen-bond acceptors (Lipinski definition) is 3. The first-order valence-corrected chi connectivity index (χ1v) is 12.1. The molecule has 0 bridgehead atoms. The van der Waals surface area contributed by atoms with E-state index >= 15 is 0 Å². The number of nitrogens with two attached hydrogens (primary N) is 1. The largest absolute Gasteiger partial charge is 0.390 e. The Balaban J connectivity index is 2.42. The fourth-order valence-corrected chi connectivity index (χ4v) is 4.69. The predicted octanol–water partition coefficient (Wildman–Crippen LogP) is 5.66. The van der Waals surface area contributed by atoms with Gasteiger partial charge in [-0.2, -0.15) is 0 Å². The van der Waals surface area contributed by atoms with Crippen LogP contribution in [0.25, 0.3) is 0 Å². The van der Waals surface area contributed by atoms with Crippen LogP contribution >= 0.6 is 0 Å². The van der Waals surface area contributed by atoms with E-state index in [0.717, 1.165) is 24.8 Å². The van der Waals surface area contributed by atoms with Crippen molar-refractivity contribution in [3.63, 3.8) is 0 Å². The number of amides is 1. The van der Waals surface area contributed by atoms with Gasteiger partial charge in [-0.05, 0) is 85.3 Å². The van der Waals surface area contributed by atoms with E-state index in [-0.39, 0.29) is 10.8 Å². The first-order chi connectivity index (χ1) is 15.2. The highest BCUT2D eigenvalue weighted by atomic mass is 16.3. The van der Waals surface area contributed by atoms with Crippen molar-refractivity contribution in [3.8, 4) is 0 Å². The molecule has 4 nitrogen and oxygen atoms in total. The number of rotatable bonds is 9. The van der Waals surface area contributed by atoms with Crippen LogP contribution in [0, 0.1) is 19.3 Å². The summed E-state index contributed by atoms with van der Waals surface area (Å²) in [6.45, 7) is 16.6. The van der Waals surface area contributed by atoms with Crippen molar-refractivity contribution in [2.75, 3.05) is 0 Å². The average Bonchev–Trinajstić information content (AvgIpc) is 2.73. The van der Waals surface area contributed by atoms with Gasteiger partial charge in [0, 0.05) is 5.41 Å². The van der Waals surface area contributed by atoms with E-state index in [1.807, 2.05) is 26.0 Å². The molecule has 182 valence electrons. The quantitative estimate of drug-likeness (QED) is 0.458. The van der Waals surface area contributed by atoms with Gasteiger partial charge < -0.3 is 15.9 Å². The molecule has 2 atom stereocenters. The average molecular weight is 454 g/mol. The van der Waals surface area contributed by atoms with E-state index in [2.05, 4.69) is 65.8 Å². The first kappa shape index (κ1) is 27.1. The Labute approximate surface area is 200 Å². The first-order valence-electron chi connectivity index (χ1n) is 12.1. The highest BCUT2D eigenvalue weighted by Gasteiger charge is 2.35. The predicted molar refractivity (Wildman–Crippen MR) is 136 cm³/mol. The van der Waals surface area contributed by atoms with Gasteiger partial charge in [-0.15, -0.1) is 0 Å². The molecule has 0 aliphatic rings. The molecule has 0 saturated heterocycles. The molecular formula is C29H43NO3. The van der Waals surface area contributed by atoms with Gasteiger partial charge in [0.2, 0.25) is 0 Å². The zero-order valence-electron chi connectivity index (χ0n) is 21.7. The van der Waals surface area contributed by atoms with E-state index in [9.17, 15) is 15.0 Å². The van der Waals surface area contributed by atoms with Gasteiger partial charge in [0.1, 0.15) is 0 Å². The number of aryl methyl sites for hydroxylation is 3. The molecule has 0 radical (unpaired) electrons. The summed E-state index contributed by atoms with van der Waals surface area (Å²) < 4.78 is 0. The van der Waals surface area contributed by atoms with Gasteiger partial charge in [-0.3, -0.25) is 4.79 Å². The lowest BCUT2D eigenvalue weighted by Crippen LogP contribution is -2.40. The molecule has 0 spiro atoms. The summed E-state index contributed by atoms with van der Waals surface area (Å²) in [7, 11) is 0. The Bertz CT molecular complexity index is 981. The lowest BCUT2D eigenvalue weighted by Gasteiger charge is -2.37.